The van der Waals surface area contributed by atoms with E-state index in [1.54, 1.807) is 0 Å². The number of benzene rings is 1. The van der Waals surface area contributed by atoms with Crippen molar-refractivity contribution >= 4 is 15.7 Å². The normalized spacial score (nSPS) is 18.2. The lowest BCUT2D eigenvalue weighted by Gasteiger charge is -2.36. The fourth-order valence-corrected chi connectivity index (χ4v) is 4.58. The minimum absolute atomic E-state index is 0.271. The second kappa shape index (κ2) is 6.84. The molecule has 5 nitrogen and oxygen atoms in total. The first-order chi connectivity index (χ1) is 11.1. The predicted octanol–water partition coefficient (Wildman–Crippen LogP) is 1.56. The van der Waals surface area contributed by atoms with Crippen molar-refractivity contribution in [1.29, 1.82) is 0 Å². The van der Waals surface area contributed by atoms with E-state index < -0.39 is 14.6 Å². The van der Waals surface area contributed by atoms with Gasteiger partial charge in [-0.25, -0.2) is 8.42 Å². The van der Waals surface area contributed by atoms with E-state index in [0.29, 0.717) is 32.5 Å². The van der Waals surface area contributed by atoms with Crippen LogP contribution in [0.1, 0.15) is 37.8 Å². The van der Waals surface area contributed by atoms with Gasteiger partial charge in [-0.3, -0.25) is 4.79 Å². The Bertz CT molecular complexity index is 705. The van der Waals surface area contributed by atoms with E-state index in [2.05, 4.69) is 30.5 Å². The highest BCUT2D eigenvalue weighted by molar-refractivity contribution is 7.92. The van der Waals surface area contributed by atoms with Gasteiger partial charge in [-0.1, -0.05) is 43.7 Å². The Balaban J connectivity index is 2.16. The van der Waals surface area contributed by atoms with Crippen LogP contribution in [0.15, 0.2) is 24.3 Å². The Morgan fingerprint density at radius 3 is 2.46 bits per heavy atom. The zero-order chi connectivity index (χ0) is 18.0. The summed E-state index contributed by atoms with van der Waals surface area (Å²) in [5.74, 6) is -0.368. The lowest BCUT2D eigenvalue weighted by atomic mass is 9.83. The van der Waals surface area contributed by atoms with Gasteiger partial charge in [0.25, 0.3) is 0 Å². The van der Waals surface area contributed by atoms with E-state index in [9.17, 15) is 13.2 Å². The van der Waals surface area contributed by atoms with E-state index in [0.717, 1.165) is 11.1 Å². The molecule has 0 bridgehead atoms. The molecule has 1 heterocycles. The van der Waals surface area contributed by atoms with Crippen molar-refractivity contribution in [2.24, 2.45) is 0 Å². The van der Waals surface area contributed by atoms with E-state index in [1.165, 1.54) is 6.26 Å². The maximum absolute atomic E-state index is 12.8. The fourth-order valence-electron chi connectivity index (χ4n) is 3.23. The Morgan fingerprint density at radius 1 is 1.29 bits per heavy atom. The van der Waals surface area contributed by atoms with E-state index in [1.807, 2.05) is 25.1 Å². The van der Waals surface area contributed by atoms with Crippen molar-refractivity contribution < 1.29 is 13.2 Å². The molecule has 0 saturated carbocycles. The van der Waals surface area contributed by atoms with Gasteiger partial charge in [0, 0.05) is 18.2 Å². The quantitative estimate of drug-likeness (QED) is 0.843. The van der Waals surface area contributed by atoms with Gasteiger partial charge < -0.3 is 10.6 Å². The number of nitrogens with one attached hydrogen (secondary N) is 2. The molecule has 1 aliphatic rings. The van der Waals surface area contributed by atoms with Gasteiger partial charge in [0.1, 0.15) is 0 Å². The van der Waals surface area contributed by atoms with Crippen LogP contribution >= 0.6 is 0 Å². The van der Waals surface area contributed by atoms with Gasteiger partial charge in [0.2, 0.25) is 5.91 Å². The minimum Gasteiger partial charge on any atom is -0.354 e. The molecule has 1 aromatic rings. The van der Waals surface area contributed by atoms with E-state index >= 15 is 0 Å². The second-order valence-electron chi connectivity index (χ2n) is 7.45. The Morgan fingerprint density at radius 2 is 1.92 bits per heavy atom. The van der Waals surface area contributed by atoms with Crippen LogP contribution in [0.3, 0.4) is 0 Å². The highest BCUT2D eigenvalue weighted by Gasteiger charge is 2.48. The fraction of sp³-hybridized carbons (Fsp3) is 0.611. The molecular formula is C18H28N2O3S. The number of carbonyl (C=O) groups excluding carboxylic acids is 1. The third kappa shape index (κ3) is 3.81. The van der Waals surface area contributed by atoms with Crippen molar-refractivity contribution in [3.63, 3.8) is 0 Å². The van der Waals surface area contributed by atoms with Crippen LogP contribution in [0, 0.1) is 6.92 Å². The standard InChI is InChI=1S/C18H28N2O3S/c1-14-6-5-7-15(12-14)17(2,3)13-20-16(21)18(24(4,22)23)8-10-19-11-9-18/h5-7,12,19H,8-11,13H2,1-4H3,(H,20,21). The van der Waals surface area contributed by atoms with Crippen LogP contribution in [0.4, 0.5) is 0 Å². The molecule has 1 amide bonds. The molecule has 1 saturated heterocycles. The topological polar surface area (TPSA) is 75.3 Å². The Hall–Kier alpha value is -1.40. The summed E-state index contributed by atoms with van der Waals surface area (Å²) >= 11 is 0. The maximum atomic E-state index is 12.8. The molecule has 0 unspecified atom stereocenters. The van der Waals surface area contributed by atoms with Crippen molar-refractivity contribution in [2.75, 3.05) is 25.9 Å². The molecule has 1 aliphatic heterocycles. The summed E-state index contributed by atoms with van der Waals surface area (Å²) in [5, 5.41) is 6.04. The van der Waals surface area contributed by atoms with Crippen molar-refractivity contribution in [3.05, 3.63) is 35.4 Å². The van der Waals surface area contributed by atoms with Crippen LogP contribution < -0.4 is 10.6 Å². The van der Waals surface area contributed by atoms with Crippen molar-refractivity contribution in [2.45, 2.75) is 43.8 Å². The molecule has 0 spiro atoms. The number of aryl methyl sites for hydroxylation is 1. The molecule has 2 rings (SSSR count). The molecule has 0 atom stereocenters. The van der Waals surface area contributed by atoms with Crippen LogP contribution in [0.25, 0.3) is 0 Å². The van der Waals surface area contributed by atoms with Crippen LogP contribution in [0.2, 0.25) is 0 Å². The van der Waals surface area contributed by atoms with E-state index in [4.69, 9.17) is 0 Å². The summed E-state index contributed by atoms with van der Waals surface area (Å²) in [7, 11) is -3.48. The maximum Gasteiger partial charge on any atom is 0.241 e. The summed E-state index contributed by atoms with van der Waals surface area (Å²) in [4.78, 5) is 12.8. The predicted molar refractivity (Wildman–Crippen MR) is 96.9 cm³/mol. The SMILES string of the molecule is Cc1cccc(C(C)(C)CNC(=O)C2(S(C)(=O)=O)CCNCC2)c1. The molecule has 134 valence electrons. The number of carbonyl (C=O) groups is 1. The average Bonchev–Trinajstić information content (AvgIpc) is 2.52. The monoisotopic (exact) mass is 352 g/mol. The molecular weight excluding hydrogens is 324 g/mol. The van der Waals surface area contributed by atoms with Crippen LogP contribution in [0.5, 0.6) is 0 Å². The Kier molecular flexibility index (Phi) is 5.40. The average molecular weight is 353 g/mol. The van der Waals surface area contributed by atoms with Gasteiger partial charge in [0.05, 0.1) is 0 Å². The largest absolute Gasteiger partial charge is 0.354 e. The third-order valence-electron chi connectivity index (χ3n) is 5.03. The van der Waals surface area contributed by atoms with Crippen molar-refractivity contribution in [1.82, 2.24) is 10.6 Å². The van der Waals surface area contributed by atoms with Gasteiger partial charge in [-0.15, -0.1) is 0 Å². The Labute approximate surface area is 145 Å². The van der Waals surface area contributed by atoms with Crippen molar-refractivity contribution in [3.8, 4) is 0 Å². The third-order valence-corrected chi connectivity index (χ3v) is 7.04. The molecule has 1 aromatic carbocycles. The van der Waals surface area contributed by atoms with Gasteiger partial charge in [-0.05, 0) is 38.4 Å². The summed E-state index contributed by atoms with van der Waals surface area (Å²) < 4.78 is 23.3. The highest BCUT2D eigenvalue weighted by atomic mass is 32.2. The number of hydrogen-bond acceptors (Lipinski definition) is 4. The van der Waals surface area contributed by atoms with Gasteiger partial charge >= 0.3 is 0 Å². The summed E-state index contributed by atoms with van der Waals surface area (Å²) in [6.45, 7) is 7.63. The van der Waals surface area contributed by atoms with Gasteiger partial charge in [-0.2, -0.15) is 0 Å². The number of rotatable bonds is 5. The smallest absolute Gasteiger partial charge is 0.241 e. The molecule has 0 aliphatic carbocycles. The molecule has 2 N–H and O–H groups in total. The number of piperidine rings is 1. The second-order valence-corrected chi connectivity index (χ2v) is 9.78. The first-order valence-electron chi connectivity index (χ1n) is 8.34. The highest BCUT2D eigenvalue weighted by Crippen LogP contribution is 2.29. The summed E-state index contributed by atoms with van der Waals surface area (Å²) in [6.07, 6.45) is 1.81. The minimum atomic E-state index is -3.48. The zero-order valence-electron chi connectivity index (χ0n) is 15.0. The summed E-state index contributed by atoms with van der Waals surface area (Å²) in [5.41, 5.74) is 2.02. The first-order valence-corrected chi connectivity index (χ1v) is 10.2. The number of hydrogen-bond donors (Lipinski definition) is 2. The summed E-state index contributed by atoms with van der Waals surface area (Å²) in [6, 6.07) is 8.17. The lowest BCUT2D eigenvalue weighted by molar-refractivity contribution is -0.124. The molecule has 24 heavy (non-hydrogen) atoms. The zero-order valence-corrected chi connectivity index (χ0v) is 15.8. The number of sulfone groups is 1. The molecule has 1 fully saturated rings. The molecule has 6 heteroatoms. The van der Waals surface area contributed by atoms with Crippen LogP contribution in [-0.2, 0) is 20.0 Å². The molecule has 0 aromatic heterocycles. The lowest BCUT2D eigenvalue weighted by Crippen LogP contribution is -2.58. The number of amides is 1. The molecule has 0 radical (unpaired) electrons. The van der Waals surface area contributed by atoms with E-state index in [-0.39, 0.29) is 11.3 Å². The first kappa shape index (κ1) is 18.9. The van der Waals surface area contributed by atoms with Gasteiger partial charge in [0.15, 0.2) is 14.6 Å². The van der Waals surface area contributed by atoms with Crippen LogP contribution in [-0.4, -0.2) is 45.0 Å².